The number of nitrogens with zero attached hydrogens (tertiary/aromatic N) is 4. The van der Waals surface area contributed by atoms with Gasteiger partial charge in [0.05, 0.1) is 24.1 Å². The summed E-state index contributed by atoms with van der Waals surface area (Å²) in [5.41, 5.74) is 1.62. The number of aromatic amines is 1. The van der Waals surface area contributed by atoms with Crippen LogP contribution in [0, 0.1) is 6.92 Å². The van der Waals surface area contributed by atoms with E-state index in [9.17, 15) is 13.2 Å². The number of hydrogen-bond acceptors (Lipinski definition) is 7. The summed E-state index contributed by atoms with van der Waals surface area (Å²) < 4.78 is 49.8. The number of alkyl halides is 3. The Hall–Kier alpha value is -4.41. The maximum atomic E-state index is 12.9. The Bertz CT molecular complexity index is 1350. The van der Waals surface area contributed by atoms with Gasteiger partial charge in [0.15, 0.2) is 5.82 Å². The molecule has 0 spiro atoms. The SMILES string of the molecule is CO/C(C)=C/c1ncnc(Oc2ccc(-c3nc(Nc4cccc(C(F)(F)F)c4)n[nH]3)cc2)c1C. The molecule has 0 atom stereocenters. The van der Waals surface area contributed by atoms with E-state index in [-0.39, 0.29) is 11.6 Å². The lowest BCUT2D eigenvalue weighted by atomic mass is 10.2. The number of rotatable bonds is 7. The number of nitrogens with one attached hydrogen (secondary N) is 2. The van der Waals surface area contributed by atoms with Gasteiger partial charge in [-0.2, -0.15) is 18.2 Å². The molecule has 35 heavy (non-hydrogen) atoms. The fourth-order valence-electron chi connectivity index (χ4n) is 3.09. The third-order valence-corrected chi connectivity index (χ3v) is 5.01. The highest BCUT2D eigenvalue weighted by atomic mass is 19.4. The van der Waals surface area contributed by atoms with E-state index in [1.165, 1.54) is 18.5 Å². The summed E-state index contributed by atoms with van der Waals surface area (Å²) in [6, 6.07) is 11.9. The first-order valence-electron chi connectivity index (χ1n) is 10.4. The molecule has 0 aliphatic rings. The number of allylic oxidation sites excluding steroid dienone is 1. The van der Waals surface area contributed by atoms with E-state index in [1.54, 1.807) is 37.5 Å². The van der Waals surface area contributed by atoms with E-state index < -0.39 is 11.7 Å². The van der Waals surface area contributed by atoms with Crippen molar-refractivity contribution in [2.24, 2.45) is 0 Å². The molecular formula is C24H21F3N6O2. The fraction of sp³-hybridized carbons (Fsp3) is 0.167. The molecule has 2 aromatic carbocycles. The average molecular weight is 482 g/mol. The Morgan fingerprint density at radius 1 is 1.09 bits per heavy atom. The second kappa shape index (κ2) is 9.84. The molecule has 2 N–H and O–H groups in total. The third kappa shape index (κ3) is 5.75. The van der Waals surface area contributed by atoms with Crippen LogP contribution in [0.25, 0.3) is 17.5 Å². The summed E-state index contributed by atoms with van der Waals surface area (Å²) in [6.07, 6.45) is -1.22. The fourth-order valence-corrected chi connectivity index (χ4v) is 3.09. The van der Waals surface area contributed by atoms with E-state index in [0.717, 1.165) is 17.7 Å². The third-order valence-electron chi connectivity index (χ3n) is 5.01. The lowest BCUT2D eigenvalue weighted by Gasteiger charge is -2.09. The Morgan fingerprint density at radius 3 is 2.57 bits per heavy atom. The number of aromatic nitrogens is 5. The van der Waals surface area contributed by atoms with Crippen LogP contribution in [-0.4, -0.2) is 32.3 Å². The highest BCUT2D eigenvalue weighted by Crippen LogP contribution is 2.31. The molecule has 0 bridgehead atoms. The number of methoxy groups -OCH3 is 1. The first-order chi connectivity index (χ1) is 16.7. The number of H-pyrrole nitrogens is 1. The summed E-state index contributed by atoms with van der Waals surface area (Å²) in [5, 5.41) is 9.57. The van der Waals surface area contributed by atoms with Crippen molar-refractivity contribution in [2.45, 2.75) is 20.0 Å². The zero-order valence-corrected chi connectivity index (χ0v) is 19.0. The first-order valence-corrected chi connectivity index (χ1v) is 10.4. The summed E-state index contributed by atoms with van der Waals surface area (Å²) >= 11 is 0. The highest BCUT2D eigenvalue weighted by molar-refractivity contribution is 5.61. The zero-order chi connectivity index (χ0) is 25.0. The van der Waals surface area contributed by atoms with Gasteiger partial charge in [0.1, 0.15) is 12.1 Å². The van der Waals surface area contributed by atoms with E-state index in [2.05, 4.69) is 30.5 Å². The molecule has 11 heteroatoms. The molecule has 8 nitrogen and oxygen atoms in total. The smallest absolute Gasteiger partial charge is 0.416 e. The average Bonchev–Trinajstić information content (AvgIpc) is 3.30. The van der Waals surface area contributed by atoms with Crippen LogP contribution in [0.2, 0.25) is 0 Å². The van der Waals surface area contributed by atoms with Crippen molar-refractivity contribution in [1.82, 2.24) is 25.1 Å². The van der Waals surface area contributed by atoms with Crippen molar-refractivity contribution >= 4 is 17.7 Å². The first kappa shape index (κ1) is 23.7. The monoisotopic (exact) mass is 482 g/mol. The Morgan fingerprint density at radius 2 is 1.86 bits per heavy atom. The second-order valence-corrected chi connectivity index (χ2v) is 7.49. The largest absolute Gasteiger partial charge is 0.501 e. The molecule has 0 unspecified atom stereocenters. The minimum absolute atomic E-state index is 0.142. The van der Waals surface area contributed by atoms with Crippen molar-refractivity contribution in [1.29, 1.82) is 0 Å². The molecule has 0 aliphatic heterocycles. The summed E-state index contributed by atoms with van der Waals surface area (Å²) in [7, 11) is 1.58. The van der Waals surface area contributed by atoms with Crippen LogP contribution in [0.4, 0.5) is 24.8 Å². The van der Waals surface area contributed by atoms with Gasteiger partial charge < -0.3 is 14.8 Å². The van der Waals surface area contributed by atoms with Crippen LogP contribution in [0.5, 0.6) is 11.6 Å². The molecule has 4 rings (SSSR count). The topological polar surface area (TPSA) is 97.8 Å². The molecule has 0 saturated carbocycles. The van der Waals surface area contributed by atoms with Gasteiger partial charge >= 0.3 is 6.18 Å². The van der Waals surface area contributed by atoms with Crippen molar-refractivity contribution in [2.75, 3.05) is 12.4 Å². The number of hydrogen-bond donors (Lipinski definition) is 2. The maximum absolute atomic E-state index is 12.9. The van der Waals surface area contributed by atoms with Crippen molar-refractivity contribution in [3.05, 3.63) is 77.4 Å². The maximum Gasteiger partial charge on any atom is 0.416 e. The molecule has 4 aromatic rings. The van der Waals surface area contributed by atoms with E-state index >= 15 is 0 Å². The van der Waals surface area contributed by atoms with Gasteiger partial charge in [-0.05, 0) is 56.3 Å². The van der Waals surface area contributed by atoms with E-state index in [1.807, 2.05) is 13.8 Å². The summed E-state index contributed by atoms with van der Waals surface area (Å²) in [4.78, 5) is 12.7. The van der Waals surface area contributed by atoms with E-state index in [4.69, 9.17) is 9.47 Å². The molecule has 0 amide bonds. The second-order valence-electron chi connectivity index (χ2n) is 7.49. The Balaban J connectivity index is 1.47. The highest BCUT2D eigenvalue weighted by Gasteiger charge is 2.30. The minimum Gasteiger partial charge on any atom is -0.501 e. The van der Waals surface area contributed by atoms with Crippen LogP contribution in [0.1, 0.15) is 23.7 Å². The molecule has 2 heterocycles. The van der Waals surface area contributed by atoms with Gasteiger partial charge in [-0.25, -0.2) is 9.97 Å². The molecule has 0 fully saturated rings. The predicted molar refractivity (Wildman–Crippen MR) is 124 cm³/mol. The standard InChI is InChI=1S/C24H21F3N6O2/c1-14(34-3)11-20-15(2)22(29-13-28-20)35-19-9-7-16(8-10-19)21-31-23(33-32-21)30-18-6-4-5-17(12-18)24(25,26)27/h4-13H,1-3H3,(H2,30,31,32,33)/b14-11+. The van der Waals surface area contributed by atoms with Gasteiger partial charge in [-0.1, -0.05) is 6.07 Å². The van der Waals surface area contributed by atoms with Crippen molar-refractivity contribution in [3.63, 3.8) is 0 Å². The summed E-state index contributed by atoms with van der Waals surface area (Å²) in [5.74, 6) is 2.25. The van der Waals surface area contributed by atoms with Crippen molar-refractivity contribution in [3.8, 4) is 23.0 Å². The number of anilines is 2. The van der Waals surface area contributed by atoms with Gasteiger partial charge in [-0.3, -0.25) is 5.10 Å². The molecule has 2 aromatic heterocycles. The molecule has 0 aliphatic carbocycles. The van der Waals surface area contributed by atoms with Gasteiger partial charge in [0.2, 0.25) is 11.8 Å². The normalized spacial score (nSPS) is 11.9. The van der Waals surface area contributed by atoms with E-state index in [0.29, 0.717) is 34.5 Å². The van der Waals surface area contributed by atoms with Crippen LogP contribution in [0.3, 0.4) is 0 Å². The van der Waals surface area contributed by atoms with Crippen LogP contribution < -0.4 is 10.1 Å². The van der Waals surface area contributed by atoms with Gasteiger partial charge in [-0.15, -0.1) is 5.10 Å². The van der Waals surface area contributed by atoms with Gasteiger partial charge in [0.25, 0.3) is 0 Å². The van der Waals surface area contributed by atoms with Crippen LogP contribution in [-0.2, 0) is 10.9 Å². The van der Waals surface area contributed by atoms with Crippen LogP contribution in [0.15, 0.2) is 60.6 Å². The predicted octanol–water partition coefficient (Wildman–Crippen LogP) is 6.13. The lowest BCUT2D eigenvalue weighted by Crippen LogP contribution is -2.05. The molecule has 180 valence electrons. The molecule has 0 saturated heterocycles. The number of benzene rings is 2. The Labute approximate surface area is 198 Å². The van der Waals surface area contributed by atoms with Crippen LogP contribution >= 0.6 is 0 Å². The lowest BCUT2D eigenvalue weighted by molar-refractivity contribution is -0.137. The summed E-state index contributed by atoms with van der Waals surface area (Å²) in [6.45, 7) is 3.68. The zero-order valence-electron chi connectivity index (χ0n) is 19.0. The number of ether oxygens (including phenoxy) is 2. The Kier molecular flexibility index (Phi) is 6.67. The molecule has 0 radical (unpaired) electrons. The number of halogens is 3. The quantitative estimate of drug-likeness (QED) is 0.306. The minimum atomic E-state index is -4.43. The molecular weight excluding hydrogens is 461 g/mol. The van der Waals surface area contributed by atoms with Gasteiger partial charge in [0, 0.05) is 22.9 Å². The van der Waals surface area contributed by atoms with Crippen molar-refractivity contribution < 1.29 is 22.6 Å².